The smallest absolute Gasteiger partial charge is 0.262 e. The van der Waals surface area contributed by atoms with E-state index in [0.29, 0.717) is 29.5 Å². The van der Waals surface area contributed by atoms with Crippen LogP contribution in [0.2, 0.25) is 0 Å². The van der Waals surface area contributed by atoms with Crippen molar-refractivity contribution in [3.05, 3.63) is 39.4 Å². The van der Waals surface area contributed by atoms with E-state index in [1.165, 1.54) is 0 Å². The highest BCUT2D eigenvalue weighted by molar-refractivity contribution is 7.91. The molecular formula is C14H16N2O3S2. The predicted octanol–water partition coefficient (Wildman–Crippen LogP) is 1.88. The summed E-state index contributed by atoms with van der Waals surface area (Å²) in [5, 5.41) is 0.606. The van der Waals surface area contributed by atoms with Crippen molar-refractivity contribution in [2.24, 2.45) is 5.92 Å². The molecule has 0 bridgehead atoms. The maximum Gasteiger partial charge on any atom is 0.262 e. The number of benzene rings is 1. The molecule has 1 aliphatic rings. The van der Waals surface area contributed by atoms with Gasteiger partial charge in [-0.3, -0.25) is 9.36 Å². The monoisotopic (exact) mass is 324 g/mol. The average molecular weight is 324 g/mol. The number of sulfone groups is 1. The molecule has 0 radical (unpaired) electrons. The molecule has 21 heavy (non-hydrogen) atoms. The lowest BCUT2D eigenvalue weighted by Gasteiger charge is -2.22. The first kappa shape index (κ1) is 14.5. The van der Waals surface area contributed by atoms with E-state index < -0.39 is 9.84 Å². The molecule has 0 saturated carbocycles. The van der Waals surface area contributed by atoms with Crippen LogP contribution in [0.4, 0.5) is 0 Å². The van der Waals surface area contributed by atoms with E-state index in [9.17, 15) is 13.2 Å². The van der Waals surface area contributed by atoms with Crippen LogP contribution in [0.15, 0.2) is 29.1 Å². The third kappa shape index (κ3) is 2.94. The molecule has 0 unspecified atom stereocenters. The largest absolute Gasteiger partial charge is 0.332 e. The first-order valence-corrected chi connectivity index (χ1v) is 9.11. The summed E-state index contributed by atoms with van der Waals surface area (Å²) in [5.74, 6) is 0.593. The van der Waals surface area contributed by atoms with Crippen LogP contribution in [-0.2, 0) is 16.4 Å². The zero-order chi connectivity index (χ0) is 15.0. The van der Waals surface area contributed by atoms with Gasteiger partial charge in [-0.05, 0) is 43.1 Å². The van der Waals surface area contributed by atoms with Gasteiger partial charge >= 0.3 is 0 Å². The zero-order valence-electron chi connectivity index (χ0n) is 11.4. The quantitative estimate of drug-likeness (QED) is 0.856. The molecular weight excluding hydrogens is 308 g/mol. The van der Waals surface area contributed by atoms with Crippen molar-refractivity contribution in [2.45, 2.75) is 19.4 Å². The van der Waals surface area contributed by atoms with Crippen molar-refractivity contribution in [2.75, 3.05) is 11.5 Å². The Morgan fingerprint density at radius 1 is 1.24 bits per heavy atom. The summed E-state index contributed by atoms with van der Waals surface area (Å²) in [6, 6.07) is 7.26. The van der Waals surface area contributed by atoms with Crippen molar-refractivity contribution < 1.29 is 8.42 Å². The van der Waals surface area contributed by atoms with Crippen LogP contribution >= 0.6 is 12.2 Å². The Labute approximate surface area is 127 Å². The zero-order valence-corrected chi connectivity index (χ0v) is 13.0. The highest BCUT2D eigenvalue weighted by atomic mass is 32.2. The van der Waals surface area contributed by atoms with Gasteiger partial charge in [0.15, 0.2) is 4.77 Å². The standard InChI is InChI=1S/C14H16N2O3S2/c17-13-11-3-1-2-4-12(11)15-14(20)16(13)9-10-5-7-21(18,19)8-6-10/h1-4,10H,5-9H2,(H,15,20). The number of nitrogens with zero attached hydrogens (tertiary/aromatic N) is 1. The fourth-order valence-corrected chi connectivity index (χ4v) is 4.60. The number of hydrogen-bond donors (Lipinski definition) is 1. The van der Waals surface area contributed by atoms with Gasteiger partial charge in [0.2, 0.25) is 0 Å². The second-order valence-electron chi connectivity index (χ2n) is 5.49. The molecule has 5 nitrogen and oxygen atoms in total. The Balaban J connectivity index is 1.95. The lowest BCUT2D eigenvalue weighted by Crippen LogP contribution is -2.30. The molecule has 0 atom stereocenters. The number of H-pyrrole nitrogens is 1. The lowest BCUT2D eigenvalue weighted by molar-refractivity contribution is 0.395. The molecule has 1 fully saturated rings. The molecule has 2 heterocycles. The molecule has 1 N–H and O–H groups in total. The summed E-state index contributed by atoms with van der Waals surface area (Å²) >= 11 is 5.27. The molecule has 112 valence electrons. The Bertz CT molecular complexity index is 882. The molecule has 1 aromatic heterocycles. The lowest BCUT2D eigenvalue weighted by atomic mass is 10.0. The molecule has 0 spiro atoms. The molecule has 2 aromatic rings. The van der Waals surface area contributed by atoms with Crippen molar-refractivity contribution >= 4 is 33.0 Å². The number of aromatic amines is 1. The van der Waals surface area contributed by atoms with Gasteiger partial charge in [0, 0.05) is 6.54 Å². The summed E-state index contributed by atoms with van der Waals surface area (Å²) in [5.41, 5.74) is 0.623. The molecule has 3 rings (SSSR count). The third-order valence-corrected chi connectivity index (χ3v) is 6.04. The SMILES string of the molecule is O=c1c2ccccc2[nH]c(=S)n1CC1CCS(=O)(=O)CC1. The Hall–Kier alpha value is -1.47. The van der Waals surface area contributed by atoms with Gasteiger partial charge in [-0.25, -0.2) is 8.42 Å². The van der Waals surface area contributed by atoms with Crippen LogP contribution in [0.1, 0.15) is 12.8 Å². The van der Waals surface area contributed by atoms with Crippen LogP contribution < -0.4 is 5.56 Å². The van der Waals surface area contributed by atoms with E-state index in [4.69, 9.17) is 12.2 Å². The first-order chi connectivity index (χ1) is 9.96. The highest BCUT2D eigenvalue weighted by Crippen LogP contribution is 2.20. The van der Waals surface area contributed by atoms with E-state index in [1.807, 2.05) is 18.2 Å². The number of nitrogens with one attached hydrogen (secondary N) is 1. The number of hydrogen-bond acceptors (Lipinski definition) is 4. The van der Waals surface area contributed by atoms with Gasteiger partial charge in [-0.1, -0.05) is 12.1 Å². The molecule has 1 aliphatic heterocycles. The number of rotatable bonds is 2. The summed E-state index contributed by atoms with van der Waals surface area (Å²) in [4.78, 5) is 15.6. The van der Waals surface area contributed by atoms with Gasteiger partial charge in [-0.2, -0.15) is 0 Å². The van der Waals surface area contributed by atoms with E-state index in [-0.39, 0.29) is 23.0 Å². The van der Waals surface area contributed by atoms with Crippen LogP contribution in [-0.4, -0.2) is 29.5 Å². The average Bonchev–Trinajstić information content (AvgIpc) is 2.45. The minimum Gasteiger partial charge on any atom is -0.332 e. The van der Waals surface area contributed by atoms with Gasteiger partial charge in [0.25, 0.3) is 5.56 Å². The van der Waals surface area contributed by atoms with Gasteiger partial charge in [0.1, 0.15) is 9.84 Å². The molecule has 1 aromatic carbocycles. The van der Waals surface area contributed by atoms with Crippen LogP contribution in [0, 0.1) is 10.7 Å². The van der Waals surface area contributed by atoms with Crippen molar-refractivity contribution in [1.82, 2.24) is 9.55 Å². The normalized spacial score (nSPS) is 18.9. The Morgan fingerprint density at radius 2 is 1.90 bits per heavy atom. The second-order valence-corrected chi connectivity index (χ2v) is 8.18. The van der Waals surface area contributed by atoms with E-state index in [0.717, 1.165) is 5.52 Å². The number of aromatic nitrogens is 2. The van der Waals surface area contributed by atoms with Crippen molar-refractivity contribution in [3.63, 3.8) is 0 Å². The van der Waals surface area contributed by atoms with E-state index >= 15 is 0 Å². The molecule has 1 saturated heterocycles. The minimum atomic E-state index is -2.88. The van der Waals surface area contributed by atoms with E-state index in [2.05, 4.69) is 4.98 Å². The molecule has 0 amide bonds. The molecule has 7 heteroatoms. The predicted molar refractivity (Wildman–Crippen MR) is 84.8 cm³/mol. The maximum atomic E-state index is 12.5. The second kappa shape index (κ2) is 5.38. The van der Waals surface area contributed by atoms with Gasteiger partial charge in [-0.15, -0.1) is 0 Å². The van der Waals surface area contributed by atoms with Crippen molar-refractivity contribution in [3.8, 4) is 0 Å². The first-order valence-electron chi connectivity index (χ1n) is 6.88. The van der Waals surface area contributed by atoms with Crippen LogP contribution in [0.5, 0.6) is 0 Å². The van der Waals surface area contributed by atoms with Crippen molar-refractivity contribution in [1.29, 1.82) is 0 Å². The summed E-state index contributed by atoms with van der Waals surface area (Å²) in [6.45, 7) is 0.481. The summed E-state index contributed by atoms with van der Waals surface area (Å²) in [7, 11) is -2.88. The summed E-state index contributed by atoms with van der Waals surface area (Å²) in [6.07, 6.45) is 1.19. The Kier molecular flexibility index (Phi) is 3.71. The fourth-order valence-electron chi connectivity index (χ4n) is 2.74. The van der Waals surface area contributed by atoms with Gasteiger partial charge < -0.3 is 4.98 Å². The number of para-hydroxylation sites is 1. The molecule has 0 aliphatic carbocycles. The number of fused-ring (bicyclic) bond motifs is 1. The Morgan fingerprint density at radius 3 is 2.62 bits per heavy atom. The fraction of sp³-hybridized carbons (Fsp3) is 0.429. The maximum absolute atomic E-state index is 12.5. The highest BCUT2D eigenvalue weighted by Gasteiger charge is 2.24. The van der Waals surface area contributed by atoms with Crippen LogP contribution in [0.3, 0.4) is 0 Å². The van der Waals surface area contributed by atoms with Crippen LogP contribution in [0.25, 0.3) is 10.9 Å². The minimum absolute atomic E-state index is 0.109. The topological polar surface area (TPSA) is 71.9 Å². The third-order valence-electron chi connectivity index (χ3n) is 4.00. The summed E-state index contributed by atoms with van der Waals surface area (Å²) < 4.78 is 24.9. The van der Waals surface area contributed by atoms with E-state index in [1.54, 1.807) is 10.6 Å². The van der Waals surface area contributed by atoms with Gasteiger partial charge in [0.05, 0.1) is 22.4 Å².